The predicted octanol–water partition coefficient (Wildman–Crippen LogP) is 1.68. The lowest BCUT2D eigenvalue weighted by Crippen LogP contribution is -2.18. The van der Waals surface area contributed by atoms with E-state index in [1.165, 1.54) is 18.9 Å². The van der Waals surface area contributed by atoms with Crippen molar-refractivity contribution < 1.29 is 19.0 Å². The Morgan fingerprint density at radius 2 is 1.87 bits per heavy atom. The average Bonchev–Trinajstić information content (AvgIpc) is 2.24. The number of rotatable bonds is 9. The molecular formula is C10H20O4S. The van der Waals surface area contributed by atoms with Gasteiger partial charge in [0.25, 0.3) is 0 Å². The zero-order valence-corrected chi connectivity index (χ0v) is 10.5. The summed E-state index contributed by atoms with van der Waals surface area (Å²) in [5, 5.41) is 0. The molecule has 0 aliphatic carbocycles. The first-order valence-electron chi connectivity index (χ1n) is 5.12. The Bertz CT molecular complexity index is 158. The van der Waals surface area contributed by atoms with Crippen molar-refractivity contribution in [3.63, 3.8) is 0 Å². The maximum Gasteiger partial charge on any atom is 0.315 e. The van der Waals surface area contributed by atoms with E-state index in [0.29, 0.717) is 19.0 Å². The van der Waals surface area contributed by atoms with Gasteiger partial charge in [-0.25, -0.2) is 0 Å². The fourth-order valence-electron chi connectivity index (χ4n) is 0.981. The van der Waals surface area contributed by atoms with Crippen LogP contribution in [0.25, 0.3) is 0 Å². The van der Waals surface area contributed by atoms with Crippen LogP contribution in [0.4, 0.5) is 0 Å². The van der Waals surface area contributed by atoms with Crippen LogP contribution in [0.5, 0.6) is 0 Å². The van der Waals surface area contributed by atoms with E-state index in [4.69, 9.17) is 9.47 Å². The van der Waals surface area contributed by atoms with Crippen molar-refractivity contribution >= 4 is 17.7 Å². The molecule has 4 nitrogen and oxygen atoms in total. The zero-order valence-electron chi connectivity index (χ0n) is 9.65. The highest BCUT2D eigenvalue weighted by Gasteiger charge is 2.08. The molecule has 0 atom stereocenters. The van der Waals surface area contributed by atoms with Crippen molar-refractivity contribution in [1.29, 1.82) is 0 Å². The molecule has 0 amide bonds. The molecule has 0 aromatic rings. The van der Waals surface area contributed by atoms with Crippen LogP contribution in [0.15, 0.2) is 0 Å². The summed E-state index contributed by atoms with van der Waals surface area (Å²) in [4.78, 5) is 10.8. The van der Waals surface area contributed by atoms with Gasteiger partial charge < -0.3 is 14.2 Å². The van der Waals surface area contributed by atoms with Gasteiger partial charge in [-0.05, 0) is 19.6 Å². The van der Waals surface area contributed by atoms with Crippen LogP contribution in [0, 0.1) is 0 Å². The molecule has 0 fully saturated rings. The van der Waals surface area contributed by atoms with E-state index in [-0.39, 0.29) is 12.3 Å². The summed E-state index contributed by atoms with van der Waals surface area (Å²) in [6.07, 6.45) is 0.647. The van der Waals surface area contributed by atoms with Crippen molar-refractivity contribution in [3.8, 4) is 0 Å². The lowest BCUT2D eigenvalue weighted by molar-refractivity contribution is -0.138. The Kier molecular flexibility index (Phi) is 10.1. The van der Waals surface area contributed by atoms with E-state index in [9.17, 15) is 4.79 Å². The molecule has 0 unspecified atom stereocenters. The second-order valence-electron chi connectivity index (χ2n) is 2.76. The minimum Gasteiger partial charge on any atom is -0.468 e. The summed E-state index contributed by atoms with van der Waals surface area (Å²) in [6, 6.07) is 0. The summed E-state index contributed by atoms with van der Waals surface area (Å²) < 4.78 is 15.3. The number of hydrogen-bond acceptors (Lipinski definition) is 5. The average molecular weight is 236 g/mol. The van der Waals surface area contributed by atoms with E-state index in [1.54, 1.807) is 0 Å². The van der Waals surface area contributed by atoms with E-state index in [1.807, 2.05) is 13.8 Å². The molecule has 5 heteroatoms. The molecule has 0 aliphatic rings. The molecule has 0 aromatic carbocycles. The molecule has 0 radical (unpaired) electrons. The molecule has 0 aromatic heterocycles. The van der Waals surface area contributed by atoms with Gasteiger partial charge in [-0.15, -0.1) is 11.8 Å². The van der Waals surface area contributed by atoms with E-state index in [0.717, 1.165) is 12.2 Å². The van der Waals surface area contributed by atoms with Gasteiger partial charge in [-0.1, -0.05) is 0 Å². The smallest absolute Gasteiger partial charge is 0.315 e. The molecule has 0 rings (SSSR count). The van der Waals surface area contributed by atoms with Crippen LogP contribution < -0.4 is 0 Å². The van der Waals surface area contributed by atoms with Gasteiger partial charge in [0.15, 0.2) is 6.29 Å². The standard InChI is InChI=1S/C10H20O4S/c1-4-13-10(14-5-2)6-7-15-8-9(11)12-3/h10H,4-8H2,1-3H3. The third-order valence-corrected chi connectivity index (χ3v) is 2.61. The molecule has 0 N–H and O–H groups in total. The monoisotopic (exact) mass is 236 g/mol. The number of ether oxygens (including phenoxy) is 3. The SMILES string of the molecule is CCOC(CCSCC(=O)OC)OCC. The topological polar surface area (TPSA) is 44.8 Å². The number of carbonyl (C=O) groups excluding carboxylic acids is 1. The maximum atomic E-state index is 10.8. The van der Waals surface area contributed by atoms with Gasteiger partial charge in [0.05, 0.1) is 12.9 Å². The molecule has 0 spiro atoms. The molecule has 0 bridgehead atoms. The second kappa shape index (κ2) is 10.3. The highest BCUT2D eigenvalue weighted by atomic mass is 32.2. The van der Waals surface area contributed by atoms with Crippen molar-refractivity contribution in [2.75, 3.05) is 31.8 Å². The zero-order chi connectivity index (χ0) is 11.5. The van der Waals surface area contributed by atoms with Crippen molar-refractivity contribution in [2.24, 2.45) is 0 Å². The summed E-state index contributed by atoms with van der Waals surface area (Å²) in [5.41, 5.74) is 0. The van der Waals surface area contributed by atoms with E-state index >= 15 is 0 Å². The fourth-order valence-corrected chi connectivity index (χ4v) is 1.77. The Morgan fingerprint density at radius 3 is 2.33 bits per heavy atom. The second-order valence-corrected chi connectivity index (χ2v) is 3.86. The lowest BCUT2D eigenvalue weighted by atomic mass is 10.5. The Labute approximate surface area is 95.6 Å². The molecule has 90 valence electrons. The Morgan fingerprint density at radius 1 is 1.27 bits per heavy atom. The highest BCUT2D eigenvalue weighted by Crippen LogP contribution is 2.08. The molecule has 0 saturated heterocycles. The summed E-state index contributed by atoms with van der Waals surface area (Å²) in [5.74, 6) is 1.03. The highest BCUT2D eigenvalue weighted by molar-refractivity contribution is 7.99. The quantitative estimate of drug-likeness (QED) is 0.346. The first-order chi connectivity index (χ1) is 7.24. The lowest BCUT2D eigenvalue weighted by Gasteiger charge is -2.16. The van der Waals surface area contributed by atoms with Crippen LogP contribution in [0.1, 0.15) is 20.3 Å². The maximum absolute atomic E-state index is 10.8. The Balaban J connectivity index is 3.48. The van der Waals surface area contributed by atoms with Crippen molar-refractivity contribution in [3.05, 3.63) is 0 Å². The summed E-state index contributed by atoms with van der Waals surface area (Å²) >= 11 is 1.53. The first kappa shape index (κ1) is 14.7. The van der Waals surface area contributed by atoms with E-state index < -0.39 is 0 Å². The third kappa shape index (κ3) is 8.72. The number of thioether (sulfide) groups is 1. The Hall–Kier alpha value is -0.260. The van der Waals surface area contributed by atoms with Gasteiger partial charge in [-0.3, -0.25) is 4.79 Å². The van der Waals surface area contributed by atoms with Gasteiger partial charge in [0.1, 0.15) is 0 Å². The number of carbonyl (C=O) groups is 1. The van der Waals surface area contributed by atoms with Crippen LogP contribution in [-0.2, 0) is 19.0 Å². The third-order valence-electron chi connectivity index (χ3n) is 1.65. The van der Waals surface area contributed by atoms with Crippen LogP contribution in [-0.4, -0.2) is 44.1 Å². The van der Waals surface area contributed by atoms with Crippen molar-refractivity contribution in [1.82, 2.24) is 0 Å². The first-order valence-corrected chi connectivity index (χ1v) is 6.27. The van der Waals surface area contributed by atoms with Gasteiger partial charge in [0, 0.05) is 19.6 Å². The van der Waals surface area contributed by atoms with Gasteiger partial charge in [0.2, 0.25) is 0 Å². The minimum absolute atomic E-state index is 0.148. The molecule has 0 heterocycles. The normalized spacial score (nSPS) is 10.7. The predicted molar refractivity (Wildman–Crippen MR) is 61.0 cm³/mol. The molecular weight excluding hydrogens is 216 g/mol. The van der Waals surface area contributed by atoms with Crippen LogP contribution >= 0.6 is 11.8 Å². The van der Waals surface area contributed by atoms with Crippen molar-refractivity contribution in [2.45, 2.75) is 26.6 Å². The molecule has 0 saturated carbocycles. The van der Waals surface area contributed by atoms with Gasteiger partial charge in [-0.2, -0.15) is 0 Å². The van der Waals surface area contributed by atoms with Gasteiger partial charge >= 0.3 is 5.97 Å². The number of hydrogen-bond donors (Lipinski definition) is 0. The summed E-state index contributed by atoms with van der Waals surface area (Å²) in [6.45, 7) is 5.17. The number of esters is 1. The minimum atomic E-state index is -0.190. The molecule has 0 aliphatic heterocycles. The van der Waals surface area contributed by atoms with Crippen LogP contribution in [0.2, 0.25) is 0 Å². The molecule has 15 heavy (non-hydrogen) atoms. The largest absolute Gasteiger partial charge is 0.468 e. The number of methoxy groups -OCH3 is 1. The summed E-state index contributed by atoms with van der Waals surface area (Å²) in [7, 11) is 1.39. The fraction of sp³-hybridized carbons (Fsp3) is 0.900. The van der Waals surface area contributed by atoms with Crippen LogP contribution in [0.3, 0.4) is 0 Å². The van der Waals surface area contributed by atoms with E-state index in [2.05, 4.69) is 4.74 Å².